The van der Waals surface area contributed by atoms with Gasteiger partial charge in [0.1, 0.15) is 5.75 Å². The summed E-state index contributed by atoms with van der Waals surface area (Å²) in [6.07, 6.45) is -0.578. The second-order valence-corrected chi connectivity index (χ2v) is 7.29. The van der Waals surface area contributed by atoms with E-state index in [-0.39, 0.29) is 5.91 Å². The van der Waals surface area contributed by atoms with E-state index in [1.165, 1.54) is 5.56 Å². The summed E-state index contributed by atoms with van der Waals surface area (Å²) >= 11 is 0. The molecular weight excluding hydrogens is 364 g/mol. The SMILES string of the molecule is CC(Oc1ccc(C#N)cc1)C(=O)NCCN1CCN(Cc2ccccc2)CC1. The zero-order chi connectivity index (χ0) is 20.5. The molecule has 0 saturated carbocycles. The van der Waals surface area contributed by atoms with Gasteiger partial charge in [-0.15, -0.1) is 0 Å². The lowest BCUT2D eigenvalue weighted by molar-refractivity contribution is -0.127. The number of nitrogens with one attached hydrogen (secondary N) is 1. The molecule has 1 aliphatic heterocycles. The summed E-state index contributed by atoms with van der Waals surface area (Å²) in [5.41, 5.74) is 1.92. The maximum absolute atomic E-state index is 12.3. The zero-order valence-corrected chi connectivity index (χ0v) is 16.9. The molecule has 1 aliphatic rings. The predicted octanol–water partition coefficient (Wildman–Crippen LogP) is 2.26. The Morgan fingerprint density at radius 3 is 2.38 bits per heavy atom. The summed E-state index contributed by atoms with van der Waals surface area (Å²) in [4.78, 5) is 17.1. The third-order valence-corrected chi connectivity index (χ3v) is 5.11. The lowest BCUT2D eigenvalue weighted by Crippen LogP contribution is -2.48. The Morgan fingerprint density at radius 2 is 1.72 bits per heavy atom. The van der Waals surface area contributed by atoms with Gasteiger partial charge >= 0.3 is 0 Å². The highest BCUT2D eigenvalue weighted by Gasteiger charge is 2.18. The van der Waals surface area contributed by atoms with Crippen molar-refractivity contribution in [1.29, 1.82) is 5.26 Å². The van der Waals surface area contributed by atoms with Crippen molar-refractivity contribution in [2.75, 3.05) is 39.3 Å². The minimum atomic E-state index is -0.578. The van der Waals surface area contributed by atoms with Crippen LogP contribution in [-0.2, 0) is 11.3 Å². The van der Waals surface area contributed by atoms with Gasteiger partial charge in [-0.1, -0.05) is 30.3 Å². The molecule has 2 aromatic carbocycles. The van der Waals surface area contributed by atoms with Crippen LogP contribution in [0.1, 0.15) is 18.1 Å². The van der Waals surface area contributed by atoms with Crippen LogP contribution >= 0.6 is 0 Å². The normalized spacial score (nSPS) is 16.0. The van der Waals surface area contributed by atoms with E-state index < -0.39 is 6.10 Å². The fourth-order valence-corrected chi connectivity index (χ4v) is 3.36. The Hall–Kier alpha value is -2.88. The molecule has 1 N–H and O–H groups in total. The molecule has 0 spiro atoms. The quantitative estimate of drug-likeness (QED) is 0.746. The van der Waals surface area contributed by atoms with Crippen molar-refractivity contribution in [3.05, 3.63) is 65.7 Å². The second kappa shape index (κ2) is 10.6. The number of ether oxygens (including phenoxy) is 1. The van der Waals surface area contributed by atoms with Gasteiger partial charge in [0.2, 0.25) is 0 Å². The van der Waals surface area contributed by atoms with Gasteiger partial charge < -0.3 is 10.1 Å². The van der Waals surface area contributed by atoms with Gasteiger partial charge in [0.25, 0.3) is 5.91 Å². The van der Waals surface area contributed by atoms with Gasteiger partial charge in [0.05, 0.1) is 11.6 Å². The fraction of sp³-hybridized carbons (Fsp3) is 0.391. The van der Waals surface area contributed by atoms with E-state index in [4.69, 9.17) is 10.00 Å². The summed E-state index contributed by atoms with van der Waals surface area (Å²) in [7, 11) is 0. The van der Waals surface area contributed by atoms with Gasteiger partial charge in [-0.3, -0.25) is 14.6 Å². The third kappa shape index (κ3) is 6.60. The van der Waals surface area contributed by atoms with Crippen LogP contribution in [0.4, 0.5) is 0 Å². The van der Waals surface area contributed by atoms with E-state index in [2.05, 4.69) is 45.5 Å². The number of rotatable bonds is 8. The van der Waals surface area contributed by atoms with E-state index in [1.807, 2.05) is 6.07 Å². The molecule has 0 bridgehead atoms. The molecule has 0 radical (unpaired) electrons. The monoisotopic (exact) mass is 392 g/mol. The van der Waals surface area contributed by atoms with E-state index in [0.29, 0.717) is 17.9 Å². The van der Waals surface area contributed by atoms with Crippen molar-refractivity contribution in [3.63, 3.8) is 0 Å². The molecule has 1 heterocycles. The van der Waals surface area contributed by atoms with Crippen molar-refractivity contribution >= 4 is 5.91 Å². The number of benzene rings is 2. The highest BCUT2D eigenvalue weighted by atomic mass is 16.5. The molecule has 1 unspecified atom stereocenters. The minimum Gasteiger partial charge on any atom is -0.481 e. The average molecular weight is 393 g/mol. The zero-order valence-electron chi connectivity index (χ0n) is 16.9. The lowest BCUT2D eigenvalue weighted by atomic mass is 10.2. The van der Waals surface area contributed by atoms with E-state index in [0.717, 1.165) is 39.3 Å². The maximum Gasteiger partial charge on any atom is 0.260 e. The summed E-state index contributed by atoms with van der Waals surface area (Å²) in [5, 5.41) is 11.8. The van der Waals surface area contributed by atoms with Crippen LogP contribution in [0.5, 0.6) is 5.75 Å². The Bertz CT molecular complexity index is 809. The van der Waals surface area contributed by atoms with E-state index in [1.54, 1.807) is 31.2 Å². The van der Waals surface area contributed by atoms with Crippen molar-refractivity contribution in [1.82, 2.24) is 15.1 Å². The number of carbonyl (C=O) groups is 1. The maximum atomic E-state index is 12.3. The first-order valence-corrected chi connectivity index (χ1v) is 10.1. The smallest absolute Gasteiger partial charge is 0.260 e. The van der Waals surface area contributed by atoms with Crippen molar-refractivity contribution in [3.8, 4) is 11.8 Å². The number of amides is 1. The molecule has 1 fully saturated rings. The number of piperazine rings is 1. The number of hydrogen-bond donors (Lipinski definition) is 1. The Balaban J connectivity index is 1.32. The second-order valence-electron chi connectivity index (χ2n) is 7.29. The van der Waals surface area contributed by atoms with Crippen LogP contribution in [0.3, 0.4) is 0 Å². The molecule has 0 aromatic heterocycles. The Kier molecular flexibility index (Phi) is 7.62. The van der Waals surface area contributed by atoms with Crippen LogP contribution in [-0.4, -0.2) is 61.1 Å². The van der Waals surface area contributed by atoms with Crippen LogP contribution in [0.25, 0.3) is 0 Å². The van der Waals surface area contributed by atoms with Crippen LogP contribution in [0, 0.1) is 11.3 Å². The largest absolute Gasteiger partial charge is 0.481 e. The van der Waals surface area contributed by atoms with Crippen LogP contribution in [0.15, 0.2) is 54.6 Å². The Morgan fingerprint density at radius 1 is 1.07 bits per heavy atom. The first-order chi connectivity index (χ1) is 14.1. The number of nitriles is 1. The molecule has 1 amide bonds. The van der Waals surface area contributed by atoms with Gasteiger partial charge in [-0.25, -0.2) is 0 Å². The number of hydrogen-bond acceptors (Lipinski definition) is 5. The highest BCUT2D eigenvalue weighted by molar-refractivity contribution is 5.80. The summed E-state index contributed by atoms with van der Waals surface area (Å²) in [6, 6.07) is 19.4. The van der Waals surface area contributed by atoms with Gasteiger partial charge in [0.15, 0.2) is 6.10 Å². The Labute approximate surface area is 172 Å². The molecule has 6 heteroatoms. The number of carbonyl (C=O) groups excluding carboxylic acids is 1. The molecule has 3 rings (SSSR count). The molecule has 6 nitrogen and oxygen atoms in total. The molecule has 1 saturated heterocycles. The minimum absolute atomic E-state index is 0.128. The lowest BCUT2D eigenvalue weighted by Gasteiger charge is -2.34. The molecule has 0 aliphatic carbocycles. The van der Waals surface area contributed by atoms with Gasteiger partial charge in [-0.05, 0) is 36.8 Å². The van der Waals surface area contributed by atoms with Crippen molar-refractivity contribution in [2.24, 2.45) is 0 Å². The van der Waals surface area contributed by atoms with E-state index >= 15 is 0 Å². The molecule has 152 valence electrons. The van der Waals surface area contributed by atoms with Gasteiger partial charge in [-0.2, -0.15) is 5.26 Å². The predicted molar refractivity (Wildman–Crippen MR) is 112 cm³/mol. The molecule has 2 aromatic rings. The summed E-state index contributed by atoms with van der Waals surface area (Å²) in [5.74, 6) is 0.457. The number of nitrogens with zero attached hydrogens (tertiary/aromatic N) is 3. The first-order valence-electron chi connectivity index (χ1n) is 10.1. The topological polar surface area (TPSA) is 68.6 Å². The van der Waals surface area contributed by atoms with E-state index in [9.17, 15) is 4.79 Å². The summed E-state index contributed by atoms with van der Waals surface area (Å²) < 4.78 is 5.65. The molecule has 29 heavy (non-hydrogen) atoms. The fourth-order valence-electron chi connectivity index (χ4n) is 3.36. The molecule has 1 atom stereocenters. The molecular formula is C23H28N4O2. The van der Waals surface area contributed by atoms with Crippen LogP contribution in [0.2, 0.25) is 0 Å². The first kappa shape index (κ1) is 20.8. The van der Waals surface area contributed by atoms with Crippen molar-refractivity contribution in [2.45, 2.75) is 19.6 Å². The third-order valence-electron chi connectivity index (χ3n) is 5.11. The summed E-state index contributed by atoms with van der Waals surface area (Å²) in [6.45, 7) is 8.29. The standard InChI is InChI=1S/C23H28N4O2/c1-19(29-22-9-7-20(17-24)8-10-22)23(28)25-11-12-26-13-15-27(16-14-26)18-21-5-3-2-4-6-21/h2-10,19H,11-16,18H2,1H3,(H,25,28). The van der Waals surface area contributed by atoms with Crippen LogP contribution < -0.4 is 10.1 Å². The van der Waals surface area contributed by atoms with Gasteiger partial charge in [0, 0.05) is 45.8 Å². The van der Waals surface area contributed by atoms with Crippen molar-refractivity contribution < 1.29 is 9.53 Å². The average Bonchev–Trinajstić information content (AvgIpc) is 2.76. The highest BCUT2D eigenvalue weighted by Crippen LogP contribution is 2.13.